The third-order valence-corrected chi connectivity index (χ3v) is 4.17. The summed E-state index contributed by atoms with van der Waals surface area (Å²) in [6, 6.07) is 6.72. The maximum atomic E-state index is 11.4. The number of hydrogen-bond donors (Lipinski definition) is 0. The highest BCUT2D eigenvalue weighted by molar-refractivity contribution is 9.10. The first-order chi connectivity index (χ1) is 8.13. The molecule has 1 aromatic rings. The van der Waals surface area contributed by atoms with Crippen molar-refractivity contribution >= 4 is 27.4 Å². The second-order valence-corrected chi connectivity index (χ2v) is 5.47. The zero-order chi connectivity index (χ0) is 12.4. The van der Waals surface area contributed by atoms with E-state index in [-0.39, 0.29) is 5.78 Å². The molecule has 0 N–H and O–H groups in total. The Morgan fingerprint density at radius 2 is 2.29 bits per heavy atom. The molecular formula is C14H18BrNO. The average molecular weight is 296 g/mol. The minimum absolute atomic E-state index is 0.108. The van der Waals surface area contributed by atoms with Crippen molar-refractivity contribution in [3.8, 4) is 0 Å². The second kappa shape index (κ2) is 5.21. The lowest BCUT2D eigenvalue weighted by atomic mass is 10.1. The number of rotatable bonds is 3. The maximum Gasteiger partial charge on any atom is 0.160 e. The molecule has 1 fully saturated rings. The molecule has 0 bridgehead atoms. The van der Waals surface area contributed by atoms with Crippen LogP contribution in [0.2, 0.25) is 0 Å². The van der Waals surface area contributed by atoms with Gasteiger partial charge in [-0.1, -0.05) is 6.92 Å². The number of nitrogens with zero attached hydrogens (tertiary/aromatic N) is 1. The van der Waals surface area contributed by atoms with Crippen molar-refractivity contribution in [1.29, 1.82) is 0 Å². The van der Waals surface area contributed by atoms with E-state index in [2.05, 4.69) is 39.9 Å². The minimum atomic E-state index is 0.108. The fourth-order valence-electron chi connectivity index (χ4n) is 2.57. The standard InChI is InChI=1S/C14H18BrNO/c1-3-11-5-4-8-16(11)12-6-7-13(10(2)17)14(15)9-12/h6-7,9,11H,3-5,8H2,1-2H3. The van der Waals surface area contributed by atoms with Crippen molar-refractivity contribution < 1.29 is 4.79 Å². The van der Waals surface area contributed by atoms with Crippen LogP contribution in [0.4, 0.5) is 5.69 Å². The Bertz CT molecular complexity index is 430. The Kier molecular flexibility index (Phi) is 3.87. The van der Waals surface area contributed by atoms with Crippen LogP contribution in [0.1, 0.15) is 43.5 Å². The predicted octanol–water partition coefficient (Wildman–Crippen LogP) is 4.03. The van der Waals surface area contributed by atoms with E-state index in [9.17, 15) is 4.79 Å². The summed E-state index contributed by atoms with van der Waals surface area (Å²) in [4.78, 5) is 13.8. The van der Waals surface area contributed by atoms with E-state index >= 15 is 0 Å². The number of benzene rings is 1. The summed E-state index contributed by atoms with van der Waals surface area (Å²) in [6.45, 7) is 4.97. The first-order valence-electron chi connectivity index (χ1n) is 6.20. The van der Waals surface area contributed by atoms with Crippen molar-refractivity contribution in [3.05, 3.63) is 28.2 Å². The molecule has 2 rings (SSSR count). The number of carbonyl (C=O) groups is 1. The van der Waals surface area contributed by atoms with Gasteiger partial charge < -0.3 is 4.90 Å². The summed E-state index contributed by atoms with van der Waals surface area (Å²) >= 11 is 3.49. The molecule has 1 saturated heterocycles. The topological polar surface area (TPSA) is 20.3 Å². The van der Waals surface area contributed by atoms with Crippen LogP contribution < -0.4 is 4.90 Å². The maximum absolute atomic E-state index is 11.4. The lowest BCUT2D eigenvalue weighted by Gasteiger charge is -2.26. The van der Waals surface area contributed by atoms with Crippen LogP contribution in [0.25, 0.3) is 0 Å². The zero-order valence-corrected chi connectivity index (χ0v) is 12.0. The minimum Gasteiger partial charge on any atom is -0.369 e. The fraction of sp³-hybridized carbons (Fsp3) is 0.500. The lowest BCUT2D eigenvalue weighted by Crippen LogP contribution is -2.28. The number of Topliss-reactive ketones (excluding diaryl/α,β-unsaturated/α-hetero) is 1. The molecule has 17 heavy (non-hydrogen) atoms. The summed E-state index contributed by atoms with van der Waals surface area (Å²) in [5.41, 5.74) is 1.99. The number of anilines is 1. The van der Waals surface area contributed by atoms with Gasteiger partial charge in [-0.3, -0.25) is 4.79 Å². The quantitative estimate of drug-likeness (QED) is 0.785. The third-order valence-electron chi connectivity index (χ3n) is 3.51. The molecule has 2 nitrogen and oxygen atoms in total. The second-order valence-electron chi connectivity index (χ2n) is 4.62. The van der Waals surface area contributed by atoms with Crippen LogP contribution in [0.3, 0.4) is 0 Å². The van der Waals surface area contributed by atoms with E-state index in [1.54, 1.807) is 6.92 Å². The van der Waals surface area contributed by atoms with E-state index in [4.69, 9.17) is 0 Å². The van der Waals surface area contributed by atoms with E-state index in [1.807, 2.05) is 6.07 Å². The molecule has 1 aromatic carbocycles. The Morgan fingerprint density at radius 3 is 2.88 bits per heavy atom. The van der Waals surface area contributed by atoms with Crippen LogP contribution in [0.15, 0.2) is 22.7 Å². The highest BCUT2D eigenvalue weighted by atomic mass is 79.9. The molecule has 1 aliphatic heterocycles. The summed E-state index contributed by atoms with van der Waals surface area (Å²) < 4.78 is 0.907. The van der Waals surface area contributed by atoms with E-state index in [0.29, 0.717) is 6.04 Å². The number of halogens is 1. The number of carbonyl (C=O) groups excluding carboxylic acids is 1. The van der Waals surface area contributed by atoms with Crippen LogP contribution in [-0.4, -0.2) is 18.4 Å². The lowest BCUT2D eigenvalue weighted by molar-refractivity contribution is 0.101. The van der Waals surface area contributed by atoms with Gasteiger partial charge in [0.15, 0.2) is 5.78 Å². The van der Waals surface area contributed by atoms with Crippen molar-refractivity contribution in [1.82, 2.24) is 0 Å². The Labute approximate surface area is 111 Å². The van der Waals surface area contributed by atoms with E-state index < -0.39 is 0 Å². The predicted molar refractivity (Wildman–Crippen MR) is 74.8 cm³/mol. The van der Waals surface area contributed by atoms with Gasteiger partial charge in [-0.25, -0.2) is 0 Å². The summed E-state index contributed by atoms with van der Waals surface area (Å²) in [5.74, 6) is 0.108. The highest BCUT2D eigenvalue weighted by Crippen LogP contribution is 2.30. The van der Waals surface area contributed by atoms with Crippen molar-refractivity contribution in [2.45, 2.75) is 39.2 Å². The van der Waals surface area contributed by atoms with Gasteiger partial charge in [-0.2, -0.15) is 0 Å². The average Bonchev–Trinajstić information content (AvgIpc) is 2.76. The molecule has 92 valence electrons. The van der Waals surface area contributed by atoms with Gasteiger partial charge in [0.1, 0.15) is 0 Å². The van der Waals surface area contributed by atoms with Crippen LogP contribution in [0.5, 0.6) is 0 Å². The number of hydrogen-bond acceptors (Lipinski definition) is 2. The molecule has 1 unspecified atom stereocenters. The molecule has 3 heteroatoms. The van der Waals surface area contributed by atoms with Gasteiger partial charge in [0.05, 0.1) is 0 Å². The van der Waals surface area contributed by atoms with Gasteiger partial charge in [0, 0.05) is 28.3 Å². The van der Waals surface area contributed by atoms with Gasteiger partial charge in [-0.15, -0.1) is 0 Å². The number of ketones is 1. The zero-order valence-electron chi connectivity index (χ0n) is 10.4. The monoisotopic (exact) mass is 295 g/mol. The summed E-state index contributed by atoms with van der Waals surface area (Å²) in [5, 5.41) is 0. The molecule has 0 aliphatic carbocycles. The van der Waals surface area contributed by atoms with Crippen molar-refractivity contribution in [3.63, 3.8) is 0 Å². The molecule has 0 aromatic heterocycles. The van der Waals surface area contributed by atoms with Crippen molar-refractivity contribution in [2.75, 3.05) is 11.4 Å². The van der Waals surface area contributed by atoms with Gasteiger partial charge in [0.25, 0.3) is 0 Å². The largest absolute Gasteiger partial charge is 0.369 e. The SMILES string of the molecule is CCC1CCCN1c1ccc(C(C)=O)c(Br)c1. The Morgan fingerprint density at radius 1 is 1.53 bits per heavy atom. The van der Waals surface area contributed by atoms with E-state index in [0.717, 1.165) is 16.6 Å². The fourth-order valence-corrected chi connectivity index (χ4v) is 3.21. The smallest absolute Gasteiger partial charge is 0.160 e. The summed E-state index contributed by atoms with van der Waals surface area (Å²) in [6.07, 6.45) is 3.74. The highest BCUT2D eigenvalue weighted by Gasteiger charge is 2.23. The van der Waals surface area contributed by atoms with Crippen molar-refractivity contribution in [2.24, 2.45) is 0 Å². The normalized spacial score (nSPS) is 19.7. The summed E-state index contributed by atoms with van der Waals surface area (Å²) in [7, 11) is 0. The molecule has 0 amide bonds. The first kappa shape index (κ1) is 12.6. The van der Waals surface area contributed by atoms with Crippen LogP contribution >= 0.6 is 15.9 Å². The van der Waals surface area contributed by atoms with Gasteiger partial charge in [0.2, 0.25) is 0 Å². The third kappa shape index (κ3) is 2.54. The molecular weight excluding hydrogens is 278 g/mol. The molecule has 0 spiro atoms. The molecule has 1 atom stereocenters. The Hall–Kier alpha value is -0.830. The van der Waals surface area contributed by atoms with Gasteiger partial charge >= 0.3 is 0 Å². The van der Waals surface area contributed by atoms with Crippen LogP contribution in [0, 0.1) is 0 Å². The molecule has 0 radical (unpaired) electrons. The Balaban J connectivity index is 2.28. The first-order valence-corrected chi connectivity index (χ1v) is 7.00. The molecule has 0 saturated carbocycles. The van der Waals surface area contributed by atoms with E-state index in [1.165, 1.54) is 24.9 Å². The molecule has 1 heterocycles. The van der Waals surface area contributed by atoms with Crippen LogP contribution in [-0.2, 0) is 0 Å². The molecule has 1 aliphatic rings. The van der Waals surface area contributed by atoms with Gasteiger partial charge in [-0.05, 0) is 60.3 Å².